The fourth-order valence-electron chi connectivity index (χ4n) is 8.15. The van der Waals surface area contributed by atoms with Crippen LogP contribution in [0.5, 0.6) is 5.75 Å². The largest absolute Gasteiger partial charge is 0.505 e. The lowest BCUT2D eigenvalue weighted by atomic mass is 9.67. The summed E-state index contributed by atoms with van der Waals surface area (Å²) in [5.41, 5.74) is 4.88. The van der Waals surface area contributed by atoms with Crippen molar-refractivity contribution in [3.05, 3.63) is 107 Å². The second-order valence-corrected chi connectivity index (χ2v) is 13.6. The molecule has 0 radical (unpaired) electrons. The molecular formula is C40H46FN3O5. The van der Waals surface area contributed by atoms with E-state index in [0.717, 1.165) is 37.2 Å². The number of nitrogens with zero attached hydrogens (tertiary/aromatic N) is 3. The van der Waals surface area contributed by atoms with Crippen molar-refractivity contribution < 1.29 is 29.3 Å². The molecule has 2 aromatic carbocycles. The number of aromatic nitrogens is 1. The van der Waals surface area contributed by atoms with Gasteiger partial charge in [0.25, 0.3) is 0 Å². The van der Waals surface area contributed by atoms with E-state index in [2.05, 4.69) is 22.0 Å². The van der Waals surface area contributed by atoms with E-state index >= 15 is 0 Å². The zero-order valence-electron chi connectivity index (χ0n) is 28.0. The number of halogens is 1. The van der Waals surface area contributed by atoms with Crippen LogP contribution in [0.4, 0.5) is 4.39 Å². The number of aliphatic hydroxyl groups is 2. The molecule has 2 aliphatic heterocycles. The van der Waals surface area contributed by atoms with E-state index in [-0.39, 0.29) is 30.9 Å². The quantitative estimate of drug-likeness (QED) is 0.161. The van der Waals surface area contributed by atoms with Crippen LogP contribution < -0.4 is 0 Å². The molecule has 0 unspecified atom stereocenters. The number of aromatic hydroxyl groups is 1. The number of imide groups is 1. The van der Waals surface area contributed by atoms with E-state index in [1.54, 1.807) is 24.4 Å². The number of phenolic OH excluding ortho intramolecular Hbond substituents is 1. The normalized spacial score (nSPS) is 22.9. The maximum Gasteiger partial charge on any atom is 0.234 e. The first-order valence-corrected chi connectivity index (χ1v) is 17.5. The maximum atomic E-state index is 14.2. The highest BCUT2D eigenvalue weighted by Gasteiger charge is 2.56. The molecule has 3 N–H and O–H groups in total. The second kappa shape index (κ2) is 15.6. The number of aliphatic hydroxyl groups excluding tert-OH is 2. The third kappa shape index (κ3) is 7.54. The number of carbonyl (C=O) groups is 2. The lowest BCUT2D eigenvalue weighted by Gasteiger charge is -2.37. The van der Waals surface area contributed by atoms with Gasteiger partial charge in [0.2, 0.25) is 11.8 Å². The fourth-order valence-corrected chi connectivity index (χ4v) is 8.15. The highest BCUT2D eigenvalue weighted by molar-refractivity contribution is 6.06. The van der Waals surface area contributed by atoms with Gasteiger partial charge in [-0.05, 0) is 91.1 Å². The van der Waals surface area contributed by atoms with Gasteiger partial charge in [-0.15, -0.1) is 0 Å². The van der Waals surface area contributed by atoms with Crippen LogP contribution in [0, 0.1) is 23.6 Å². The van der Waals surface area contributed by atoms with Crippen LogP contribution in [-0.4, -0.2) is 73.8 Å². The third-order valence-electron chi connectivity index (χ3n) is 10.5. The molecule has 0 spiro atoms. The highest BCUT2D eigenvalue weighted by Crippen LogP contribution is 2.48. The summed E-state index contributed by atoms with van der Waals surface area (Å²) in [4.78, 5) is 36.5. The Bertz CT molecular complexity index is 1690. The van der Waals surface area contributed by atoms with Gasteiger partial charge in [-0.2, -0.15) is 0 Å². The van der Waals surface area contributed by atoms with Gasteiger partial charge >= 0.3 is 0 Å². The first-order valence-electron chi connectivity index (χ1n) is 17.5. The highest BCUT2D eigenvalue weighted by atomic mass is 19.1. The first kappa shape index (κ1) is 34.7. The summed E-state index contributed by atoms with van der Waals surface area (Å²) < 4.78 is 14.2. The van der Waals surface area contributed by atoms with Crippen LogP contribution in [0.3, 0.4) is 0 Å². The summed E-state index contributed by atoms with van der Waals surface area (Å²) in [7, 11) is 0. The summed E-state index contributed by atoms with van der Waals surface area (Å²) in [5, 5.41) is 32.3. The fraction of sp³-hybridized carbons (Fsp3) is 0.425. The number of piperidine rings is 1. The summed E-state index contributed by atoms with van der Waals surface area (Å²) in [6.07, 6.45) is 6.48. The van der Waals surface area contributed by atoms with Crippen molar-refractivity contribution in [3.8, 4) is 5.75 Å². The van der Waals surface area contributed by atoms with Crippen LogP contribution in [-0.2, 0) is 16.1 Å². The number of rotatable bonds is 12. The Morgan fingerprint density at radius 2 is 1.80 bits per heavy atom. The number of benzene rings is 2. The molecule has 2 amide bonds. The van der Waals surface area contributed by atoms with Crippen LogP contribution in [0.25, 0.3) is 11.6 Å². The average Bonchev–Trinajstić information content (AvgIpc) is 3.37. The van der Waals surface area contributed by atoms with E-state index in [9.17, 15) is 29.3 Å². The molecule has 0 saturated carbocycles. The maximum absolute atomic E-state index is 14.2. The van der Waals surface area contributed by atoms with E-state index in [1.165, 1.54) is 22.6 Å². The van der Waals surface area contributed by atoms with Crippen LogP contribution in [0.2, 0.25) is 0 Å². The van der Waals surface area contributed by atoms with Crippen molar-refractivity contribution in [3.63, 3.8) is 0 Å². The number of fused-ring (bicyclic) bond motifs is 1. The number of hydrogen-bond donors (Lipinski definition) is 3. The van der Waals surface area contributed by atoms with Crippen molar-refractivity contribution >= 4 is 23.5 Å². The molecule has 3 heterocycles. The molecule has 6 rings (SSSR count). The van der Waals surface area contributed by atoms with E-state index in [1.807, 2.05) is 37.3 Å². The summed E-state index contributed by atoms with van der Waals surface area (Å²) in [6, 6.07) is 19.8. The molecule has 8 nitrogen and oxygen atoms in total. The predicted octanol–water partition coefficient (Wildman–Crippen LogP) is 5.98. The van der Waals surface area contributed by atoms with Crippen molar-refractivity contribution in [2.45, 2.75) is 70.6 Å². The molecule has 9 heteroatoms. The van der Waals surface area contributed by atoms with Gasteiger partial charge < -0.3 is 15.3 Å². The van der Waals surface area contributed by atoms with Gasteiger partial charge in [-0.3, -0.25) is 24.4 Å². The van der Waals surface area contributed by atoms with Gasteiger partial charge in [-0.25, -0.2) is 4.39 Å². The van der Waals surface area contributed by atoms with Crippen molar-refractivity contribution in [2.75, 3.05) is 19.7 Å². The molecule has 3 aromatic rings. The summed E-state index contributed by atoms with van der Waals surface area (Å²) >= 11 is 0. The number of phenols is 1. The first-order chi connectivity index (χ1) is 23.8. The predicted molar refractivity (Wildman–Crippen MR) is 186 cm³/mol. The van der Waals surface area contributed by atoms with E-state index < -0.39 is 35.4 Å². The number of carbonyl (C=O) groups excluding carboxylic acids is 2. The molecule has 1 aromatic heterocycles. The summed E-state index contributed by atoms with van der Waals surface area (Å²) in [6.45, 7) is 4.14. The van der Waals surface area contributed by atoms with E-state index in [4.69, 9.17) is 0 Å². The Labute approximate surface area is 287 Å². The van der Waals surface area contributed by atoms with Crippen molar-refractivity contribution in [1.29, 1.82) is 0 Å². The SMILES string of the molecule is CCCC1=C([C@H](O)CC/C(=C/c2ccc(O)c(F)c2)c2ccccn2)[C@H](CO)[C@@H]2C(=O)N(C3CCN(Cc4ccccc4)CC3)C(=O)[C@@H]2C1. The Balaban J connectivity index is 1.20. The Kier molecular flexibility index (Phi) is 11.0. The molecule has 1 aliphatic carbocycles. The van der Waals surface area contributed by atoms with Gasteiger partial charge in [0.1, 0.15) is 0 Å². The van der Waals surface area contributed by atoms with Crippen LogP contribution in [0.15, 0.2) is 84.1 Å². The Morgan fingerprint density at radius 1 is 1.04 bits per heavy atom. The second-order valence-electron chi connectivity index (χ2n) is 13.6. The molecule has 2 saturated heterocycles. The van der Waals surface area contributed by atoms with E-state index in [0.29, 0.717) is 48.9 Å². The number of amides is 2. The van der Waals surface area contributed by atoms with Gasteiger partial charge in [-0.1, -0.05) is 61.4 Å². The van der Waals surface area contributed by atoms with Crippen LogP contribution in [0.1, 0.15) is 68.7 Å². The standard InChI is InChI=1S/C40H46FN3O5/c1-2-8-29-23-31-38(40(49)44(39(31)48)30-16-19-43(20-17-30)24-26-9-4-3-5-10-26)32(25-45)37(29)36(47)15-13-28(34-11-6-7-18-42-34)21-27-12-14-35(46)33(41)22-27/h3-7,9-12,14,18,21-22,30-32,36,38,45-47H,2,8,13,15-17,19-20,23-25H2,1H3/b28-21-/t31-,32+,36-,38-/m1/s1. The molecule has 49 heavy (non-hydrogen) atoms. The number of pyridine rings is 1. The smallest absolute Gasteiger partial charge is 0.234 e. The molecule has 258 valence electrons. The van der Waals surface area contributed by atoms with Crippen molar-refractivity contribution in [1.82, 2.24) is 14.8 Å². The van der Waals surface area contributed by atoms with Gasteiger partial charge in [0.05, 0.1) is 30.2 Å². The molecule has 2 fully saturated rings. The minimum atomic E-state index is -0.957. The average molecular weight is 668 g/mol. The lowest BCUT2D eigenvalue weighted by Crippen LogP contribution is -2.47. The summed E-state index contributed by atoms with van der Waals surface area (Å²) in [5.74, 6) is -3.40. The number of allylic oxidation sites excluding steroid dienone is 2. The molecular weight excluding hydrogens is 621 g/mol. The number of likely N-dealkylation sites (tertiary alicyclic amines) is 2. The third-order valence-corrected chi connectivity index (χ3v) is 10.5. The molecule has 4 atom stereocenters. The molecule has 3 aliphatic rings. The topological polar surface area (TPSA) is 114 Å². The van der Waals surface area contributed by atoms with Crippen molar-refractivity contribution in [2.24, 2.45) is 17.8 Å². The van der Waals surface area contributed by atoms with Gasteiger partial charge in [0, 0.05) is 37.8 Å². The monoisotopic (exact) mass is 667 g/mol. The zero-order valence-corrected chi connectivity index (χ0v) is 28.0. The zero-order chi connectivity index (χ0) is 34.5. The minimum absolute atomic E-state index is 0.140. The van der Waals surface area contributed by atoms with Crippen LogP contribution >= 0.6 is 0 Å². The molecule has 0 bridgehead atoms. The Hall–Kier alpha value is -4.18. The minimum Gasteiger partial charge on any atom is -0.505 e. The van der Waals surface area contributed by atoms with Gasteiger partial charge in [0.15, 0.2) is 11.6 Å². The number of hydrogen-bond acceptors (Lipinski definition) is 7. The Morgan fingerprint density at radius 3 is 2.47 bits per heavy atom. The lowest BCUT2D eigenvalue weighted by molar-refractivity contribution is -0.144.